The molecule has 4 aromatic carbocycles. The number of carbonyl (C=O) groups excluding carboxylic acids is 2. The Hall–Kier alpha value is -5.14. The van der Waals surface area contributed by atoms with Crippen LogP contribution in [0.25, 0.3) is 10.8 Å². The lowest BCUT2D eigenvalue weighted by molar-refractivity contribution is 0.0391. The van der Waals surface area contributed by atoms with E-state index in [1.807, 2.05) is 0 Å². The molecule has 7 heteroatoms. The van der Waals surface area contributed by atoms with Crippen LogP contribution in [0, 0.1) is 24.2 Å². The van der Waals surface area contributed by atoms with Gasteiger partial charge in [-0.15, -0.1) is 8.78 Å². The second-order valence-electron chi connectivity index (χ2n) is 7.34. The van der Waals surface area contributed by atoms with Gasteiger partial charge in [-0.3, -0.25) is 0 Å². The van der Waals surface area contributed by atoms with Gasteiger partial charge < -0.3 is 14.2 Å². The van der Waals surface area contributed by atoms with E-state index in [1.165, 1.54) is 24.5 Å². The fraction of sp³-hybridized carbons (Fsp3) is 0. The molecule has 168 valence electrons. The molecule has 0 bridgehead atoms. The number of hydrogen-bond acceptors (Lipinski definition) is 5. The lowest BCUT2D eigenvalue weighted by Crippen LogP contribution is -2.19. The summed E-state index contributed by atoms with van der Waals surface area (Å²) in [5.74, 6) is 4.51. The van der Waals surface area contributed by atoms with Crippen molar-refractivity contribution in [1.82, 2.24) is 0 Å². The Bertz CT molecular complexity index is 1500. The molecule has 0 spiro atoms. The van der Waals surface area contributed by atoms with Gasteiger partial charge in [0.1, 0.15) is 35.3 Å². The summed E-state index contributed by atoms with van der Waals surface area (Å²) < 4.78 is 41.5. The molecule has 5 nitrogen and oxygen atoms in total. The number of cyclic esters (lactones) is 2. The second-order valence-corrected chi connectivity index (χ2v) is 7.34. The van der Waals surface area contributed by atoms with Gasteiger partial charge in [0.2, 0.25) is 0 Å². The number of halogens is 2. The van der Waals surface area contributed by atoms with Gasteiger partial charge in [-0.1, -0.05) is 0 Å². The van der Waals surface area contributed by atoms with Crippen molar-refractivity contribution in [2.45, 2.75) is 0 Å². The van der Waals surface area contributed by atoms with Crippen LogP contribution in [0.5, 0.6) is 23.0 Å². The third-order valence-electron chi connectivity index (χ3n) is 5.26. The van der Waals surface area contributed by atoms with Gasteiger partial charge in [0.25, 0.3) is 0 Å². The second kappa shape index (κ2) is 9.01. The topological polar surface area (TPSA) is 61.8 Å². The molecule has 0 fully saturated rings. The van der Waals surface area contributed by atoms with Crippen LogP contribution < -0.4 is 9.47 Å². The zero-order valence-corrected chi connectivity index (χ0v) is 17.7. The first-order valence-corrected chi connectivity index (χ1v) is 10.2. The summed E-state index contributed by atoms with van der Waals surface area (Å²) in [6, 6.07) is 19.0. The Balaban J connectivity index is 1.64. The van der Waals surface area contributed by atoms with Crippen LogP contribution in [-0.4, -0.2) is 11.9 Å². The van der Waals surface area contributed by atoms with Crippen molar-refractivity contribution >= 4 is 22.7 Å². The van der Waals surface area contributed by atoms with Crippen LogP contribution in [-0.2, 0) is 4.74 Å². The van der Waals surface area contributed by atoms with Crippen LogP contribution in [0.4, 0.5) is 8.78 Å². The highest BCUT2D eigenvalue weighted by atomic mass is 19.1. The molecule has 0 saturated carbocycles. The zero-order chi connectivity index (χ0) is 24.4. The number of benzene rings is 4. The Morgan fingerprint density at radius 2 is 1.00 bits per heavy atom. The third-order valence-corrected chi connectivity index (χ3v) is 5.26. The van der Waals surface area contributed by atoms with E-state index in [9.17, 15) is 18.4 Å². The molecule has 0 unspecified atom stereocenters. The van der Waals surface area contributed by atoms with Crippen molar-refractivity contribution in [2.24, 2.45) is 0 Å². The third kappa shape index (κ3) is 4.15. The van der Waals surface area contributed by atoms with Gasteiger partial charge in [-0.2, -0.15) is 0 Å². The van der Waals surface area contributed by atoms with E-state index in [-0.39, 0.29) is 11.1 Å². The van der Waals surface area contributed by atoms with Crippen LogP contribution in [0.2, 0.25) is 0 Å². The Morgan fingerprint density at radius 3 is 1.40 bits per heavy atom. The molecule has 0 radical (unpaired) electrons. The first kappa shape index (κ1) is 21.7. The van der Waals surface area contributed by atoms with E-state index in [0.29, 0.717) is 44.9 Å². The Kier molecular flexibility index (Phi) is 5.58. The largest absolute Gasteiger partial charge is 0.457 e. The Morgan fingerprint density at radius 1 is 0.571 bits per heavy atom. The highest BCUT2D eigenvalue weighted by Crippen LogP contribution is 2.43. The molecular formula is C28H12F2O5. The number of hydrogen-bond donors (Lipinski definition) is 0. The first-order chi connectivity index (χ1) is 17.1. The van der Waals surface area contributed by atoms with Gasteiger partial charge >= 0.3 is 11.9 Å². The van der Waals surface area contributed by atoms with Gasteiger partial charge in [0, 0.05) is 16.5 Å². The highest BCUT2D eigenvalue weighted by molar-refractivity contribution is 6.22. The highest BCUT2D eigenvalue weighted by Gasteiger charge is 2.30. The maximum absolute atomic E-state index is 12.4. The van der Waals surface area contributed by atoms with Gasteiger partial charge in [-0.25, -0.2) is 9.59 Å². The molecule has 4 aromatic rings. The maximum atomic E-state index is 12.4. The normalized spacial score (nSPS) is 11.6. The SMILES string of the molecule is O=C1OC(=O)c2ccc(Oc3ccc(C#CF)cc3)c3c(Oc4ccc(C#CF)cc4)ccc1c23. The monoisotopic (exact) mass is 466 g/mol. The zero-order valence-electron chi connectivity index (χ0n) is 17.7. The lowest BCUT2D eigenvalue weighted by Gasteiger charge is -2.20. The Labute approximate surface area is 197 Å². The molecule has 1 aliphatic rings. The van der Waals surface area contributed by atoms with Crippen LogP contribution in [0.1, 0.15) is 31.8 Å². The lowest BCUT2D eigenvalue weighted by atomic mass is 9.96. The summed E-state index contributed by atoms with van der Waals surface area (Å²) in [4.78, 5) is 24.8. The van der Waals surface area contributed by atoms with Crippen molar-refractivity contribution in [2.75, 3.05) is 0 Å². The van der Waals surface area contributed by atoms with E-state index < -0.39 is 11.9 Å². The summed E-state index contributed by atoms with van der Waals surface area (Å²) in [6.07, 6.45) is 2.69. The average Bonchev–Trinajstić information content (AvgIpc) is 2.86. The number of ether oxygens (including phenoxy) is 3. The van der Waals surface area contributed by atoms with Crippen molar-refractivity contribution in [3.05, 3.63) is 95.1 Å². The molecule has 0 N–H and O–H groups in total. The summed E-state index contributed by atoms with van der Waals surface area (Å²) >= 11 is 0. The quantitative estimate of drug-likeness (QED) is 0.201. The van der Waals surface area contributed by atoms with Crippen LogP contribution >= 0.6 is 0 Å². The summed E-state index contributed by atoms with van der Waals surface area (Å²) in [7, 11) is 0. The summed E-state index contributed by atoms with van der Waals surface area (Å²) in [5.41, 5.74) is 1.31. The molecule has 1 heterocycles. The summed E-state index contributed by atoms with van der Waals surface area (Å²) in [6.45, 7) is 0. The smallest absolute Gasteiger partial charge is 0.346 e. The fourth-order valence-electron chi connectivity index (χ4n) is 3.71. The number of esters is 2. The predicted molar refractivity (Wildman–Crippen MR) is 123 cm³/mol. The maximum Gasteiger partial charge on any atom is 0.346 e. The molecule has 0 atom stereocenters. The molecule has 0 aliphatic carbocycles. The molecule has 0 saturated heterocycles. The van der Waals surface area contributed by atoms with Crippen molar-refractivity contribution in [1.29, 1.82) is 0 Å². The minimum absolute atomic E-state index is 0.189. The minimum Gasteiger partial charge on any atom is -0.457 e. The standard InChI is InChI=1S/C28H12F2O5/c29-15-13-17-1-5-19(6-2-17)33-23-11-9-21-25-22(28(32)35-27(21)31)10-12-24(26(23)25)34-20-7-3-18(4-8-20)14-16-30/h1-12H. The van der Waals surface area contributed by atoms with Gasteiger partial charge in [0.05, 0.1) is 16.5 Å². The van der Waals surface area contributed by atoms with E-state index in [2.05, 4.69) is 11.8 Å². The van der Waals surface area contributed by atoms with E-state index in [0.717, 1.165) is 0 Å². The molecule has 0 amide bonds. The van der Waals surface area contributed by atoms with Gasteiger partial charge in [0.15, 0.2) is 0 Å². The molecular weight excluding hydrogens is 454 g/mol. The molecule has 5 rings (SSSR count). The van der Waals surface area contributed by atoms with Crippen LogP contribution in [0.15, 0.2) is 72.8 Å². The van der Waals surface area contributed by atoms with E-state index in [1.54, 1.807) is 60.7 Å². The minimum atomic E-state index is -0.778. The van der Waals surface area contributed by atoms with Gasteiger partial charge in [-0.05, 0) is 84.6 Å². The van der Waals surface area contributed by atoms with Crippen LogP contribution in [0.3, 0.4) is 0 Å². The van der Waals surface area contributed by atoms with Crippen molar-refractivity contribution in [3.63, 3.8) is 0 Å². The van der Waals surface area contributed by atoms with Crippen molar-refractivity contribution < 1.29 is 32.6 Å². The number of rotatable bonds is 4. The first-order valence-electron chi connectivity index (χ1n) is 10.2. The number of carbonyl (C=O) groups is 2. The summed E-state index contributed by atoms with van der Waals surface area (Å²) in [5, 5.41) is 0.714. The fourth-order valence-corrected chi connectivity index (χ4v) is 3.71. The molecule has 35 heavy (non-hydrogen) atoms. The predicted octanol–water partition coefficient (Wildman–Crippen LogP) is 6.29. The molecule has 1 aliphatic heterocycles. The van der Waals surface area contributed by atoms with E-state index in [4.69, 9.17) is 14.2 Å². The molecule has 0 aromatic heterocycles. The van der Waals surface area contributed by atoms with Crippen molar-refractivity contribution in [3.8, 4) is 47.2 Å². The van der Waals surface area contributed by atoms with E-state index >= 15 is 0 Å². The average molecular weight is 466 g/mol.